The zero-order valence-electron chi connectivity index (χ0n) is 12.5. The van der Waals surface area contributed by atoms with Gasteiger partial charge in [-0.25, -0.2) is 4.98 Å². The van der Waals surface area contributed by atoms with Gasteiger partial charge >= 0.3 is 0 Å². The number of hydrogen-bond acceptors (Lipinski definition) is 5. The number of carbonyl (C=O) groups is 1. The van der Waals surface area contributed by atoms with Crippen LogP contribution in [-0.4, -0.2) is 28.6 Å². The Labute approximate surface area is 134 Å². The quantitative estimate of drug-likeness (QED) is 0.784. The van der Waals surface area contributed by atoms with Crippen LogP contribution in [0.2, 0.25) is 0 Å². The summed E-state index contributed by atoms with van der Waals surface area (Å²) in [6, 6.07) is 6.98. The second kappa shape index (κ2) is 8.51. The highest BCUT2D eigenvalue weighted by atomic mass is 32.1. The van der Waals surface area contributed by atoms with Crippen LogP contribution in [0.3, 0.4) is 0 Å². The van der Waals surface area contributed by atoms with E-state index in [1.165, 1.54) is 11.3 Å². The summed E-state index contributed by atoms with van der Waals surface area (Å²) < 4.78 is 5.59. The number of nitrogens with zero attached hydrogens (tertiary/aromatic N) is 1. The summed E-state index contributed by atoms with van der Waals surface area (Å²) in [5, 5.41) is 14.2. The number of benzene rings is 1. The topological polar surface area (TPSA) is 71.5 Å². The molecule has 1 atom stereocenters. The van der Waals surface area contributed by atoms with Crippen LogP contribution >= 0.6 is 11.3 Å². The first-order chi connectivity index (χ1) is 10.7. The molecule has 0 aliphatic heterocycles. The second-order valence-corrected chi connectivity index (χ2v) is 5.62. The molecule has 2 N–H and O–H groups in total. The van der Waals surface area contributed by atoms with E-state index < -0.39 is 0 Å². The van der Waals surface area contributed by atoms with Crippen molar-refractivity contribution in [3.63, 3.8) is 0 Å². The average Bonchev–Trinajstić information content (AvgIpc) is 3.06. The Hall–Kier alpha value is -1.92. The van der Waals surface area contributed by atoms with Crippen LogP contribution in [0.25, 0.3) is 0 Å². The van der Waals surface area contributed by atoms with Gasteiger partial charge in [0, 0.05) is 17.5 Å². The van der Waals surface area contributed by atoms with Crippen molar-refractivity contribution in [1.29, 1.82) is 0 Å². The van der Waals surface area contributed by atoms with E-state index in [2.05, 4.69) is 10.3 Å². The number of amides is 1. The molecule has 6 heteroatoms. The van der Waals surface area contributed by atoms with Crippen molar-refractivity contribution in [3.05, 3.63) is 46.4 Å². The van der Waals surface area contributed by atoms with Gasteiger partial charge in [0.05, 0.1) is 17.3 Å². The standard InChI is InChI=1S/C16H20N2O3S/c1-2-14(19)7-8-17-16(20)12-3-5-15(6-4-12)21-9-13-10-22-11-18-13/h3-6,10-11,14,19H,2,7-9H2,1H3,(H,17,20). The molecule has 0 bridgehead atoms. The summed E-state index contributed by atoms with van der Waals surface area (Å²) in [4.78, 5) is 16.1. The van der Waals surface area contributed by atoms with Gasteiger partial charge in [-0.3, -0.25) is 4.79 Å². The number of rotatable bonds is 8. The van der Waals surface area contributed by atoms with Gasteiger partial charge in [0.25, 0.3) is 5.91 Å². The molecule has 0 fully saturated rings. The smallest absolute Gasteiger partial charge is 0.251 e. The van der Waals surface area contributed by atoms with E-state index in [4.69, 9.17) is 4.74 Å². The summed E-state index contributed by atoms with van der Waals surface area (Å²) in [7, 11) is 0. The van der Waals surface area contributed by atoms with E-state index in [1.807, 2.05) is 12.3 Å². The fourth-order valence-electron chi connectivity index (χ4n) is 1.83. The second-order valence-electron chi connectivity index (χ2n) is 4.90. The molecule has 1 heterocycles. The Balaban J connectivity index is 1.79. The molecule has 118 valence electrons. The van der Waals surface area contributed by atoms with E-state index in [0.717, 1.165) is 5.69 Å². The zero-order valence-corrected chi connectivity index (χ0v) is 13.3. The van der Waals surface area contributed by atoms with Crippen LogP contribution in [0.1, 0.15) is 35.8 Å². The Bertz CT molecular complexity index is 570. The lowest BCUT2D eigenvalue weighted by Gasteiger charge is -2.09. The van der Waals surface area contributed by atoms with Crippen molar-refractivity contribution in [2.75, 3.05) is 6.54 Å². The maximum Gasteiger partial charge on any atom is 0.251 e. The normalized spacial score (nSPS) is 11.9. The summed E-state index contributed by atoms with van der Waals surface area (Å²) in [5.41, 5.74) is 3.23. The number of hydrogen-bond donors (Lipinski definition) is 2. The molecule has 22 heavy (non-hydrogen) atoms. The van der Waals surface area contributed by atoms with Crippen molar-refractivity contribution in [2.45, 2.75) is 32.5 Å². The maximum absolute atomic E-state index is 11.9. The zero-order chi connectivity index (χ0) is 15.8. The van der Waals surface area contributed by atoms with Gasteiger partial charge in [-0.2, -0.15) is 0 Å². The highest BCUT2D eigenvalue weighted by molar-refractivity contribution is 7.07. The van der Waals surface area contributed by atoms with Crippen molar-refractivity contribution in [3.8, 4) is 5.75 Å². The molecule has 0 saturated carbocycles. The van der Waals surface area contributed by atoms with Gasteiger partial charge in [-0.15, -0.1) is 11.3 Å². The fraction of sp³-hybridized carbons (Fsp3) is 0.375. The highest BCUT2D eigenvalue weighted by Gasteiger charge is 2.07. The Morgan fingerprint density at radius 2 is 2.18 bits per heavy atom. The van der Waals surface area contributed by atoms with Crippen molar-refractivity contribution in [2.24, 2.45) is 0 Å². The Morgan fingerprint density at radius 1 is 1.41 bits per heavy atom. The first-order valence-electron chi connectivity index (χ1n) is 7.25. The summed E-state index contributed by atoms with van der Waals surface area (Å²) in [6.45, 7) is 2.80. The fourth-order valence-corrected chi connectivity index (χ4v) is 2.37. The molecule has 1 aromatic carbocycles. The molecule has 0 aliphatic rings. The van der Waals surface area contributed by atoms with Crippen LogP contribution in [0.4, 0.5) is 0 Å². The number of ether oxygens (including phenoxy) is 1. The molecule has 0 spiro atoms. The molecule has 1 unspecified atom stereocenters. The Morgan fingerprint density at radius 3 is 2.82 bits per heavy atom. The third-order valence-corrected chi connectivity index (χ3v) is 3.86. The van der Waals surface area contributed by atoms with Gasteiger partial charge < -0.3 is 15.2 Å². The summed E-state index contributed by atoms with van der Waals surface area (Å²) >= 11 is 1.53. The molecule has 1 amide bonds. The third-order valence-electron chi connectivity index (χ3n) is 3.22. The molecule has 5 nitrogen and oxygen atoms in total. The van der Waals surface area contributed by atoms with Gasteiger partial charge in [-0.1, -0.05) is 6.92 Å². The monoisotopic (exact) mass is 320 g/mol. The molecule has 0 aliphatic carbocycles. The van der Waals surface area contributed by atoms with Crippen LogP contribution in [-0.2, 0) is 6.61 Å². The highest BCUT2D eigenvalue weighted by Crippen LogP contribution is 2.14. The number of aliphatic hydroxyl groups excluding tert-OH is 1. The van der Waals surface area contributed by atoms with Gasteiger partial charge in [0.15, 0.2) is 0 Å². The summed E-state index contributed by atoms with van der Waals surface area (Å²) in [5.74, 6) is 0.556. The first kappa shape index (κ1) is 16.5. The number of thiazole rings is 1. The lowest BCUT2D eigenvalue weighted by Crippen LogP contribution is -2.26. The first-order valence-corrected chi connectivity index (χ1v) is 8.19. The van der Waals surface area contributed by atoms with E-state index in [-0.39, 0.29) is 12.0 Å². The predicted molar refractivity (Wildman–Crippen MR) is 86.1 cm³/mol. The van der Waals surface area contributed by atoms with Crippen molar-refractivity contribution in [1.82, 2.24) is 10.3 Å². The van der Waals surface area contributed by atoms with Crippen LogP contribution in [0, 0.1) is 0 Å². The molecule has 2 rings (SSSR count). The molecule has 0 radical (unpaired) electrons. The molecular formula is C16H20N2O3S. The molecule has 0 saturated heterocycles. The number of carbonyl (C=O) groups excluding carboxylic acids is 1. The third kappa shape index (κ3) is 5.13. The van der Waals surface area contributed by atoms with Crippen LogP contribution in [0.5, 0.6) is 5.75 Å². The predicted octanol–water partition coefficient (Wildman–Crippen LogP) is 2.61. The van der Waals surface area contributed by atoms with E-state index in [1.54, 1.807) is 29.8 Å². The van der Waals surface area contributed by atoms with Crippen LogP contribution in [0.15, 0.2) is 35.2 Å². The Kier molecular flexibility index (Phi) is 6.36. The maximum atomic E-state index is 11.9. The molecule has 2 aromatic rings. The lowest BCUT2D eigenvalue weighted by atomic mass is 10.2. The molecular weight excluding hydrogens is 300 g/mol. The van der Waals surface area contributed by atoms with Crippen LogP contribution < -0.4 is 10.1 Å². The van der Waals surface area contributed by atoms with Crippen molar-refractivity contribution >= 4 is 17.2 Å². The summed E-state index contributed by atoms with van der Waals surface area (Å²) in [6.07, 6.45) is 0.902. The number of nitrogens with one attached hydrogen (secondary N) is 1. The minimum absolute atomic E-state index is 0.144. The van der Waals surface area contributed by atoms with Gasteiger partial charge in [-0.05, 0) is 37.1 Å². The van der Waals surface area contributed by atoms with E-state index >= 15 is 0 Å². The largest absolute Gasteiger partial charge is 0.487 e. The minimum atomic E-state index is -0.359. The SMILES string of the molecule is CCC(O)CCNC(=O)c1ccc(OCc2cscn2)cc1. The minimum Gasteiger partial charge on any atom is -0.487 e. The van der Waals surface area contributed by atoms with E-state index in [9.17, 15) is 9.90 Å². The number of aromatic nitrogens is 1. The van der Waals surface area contributed by atoms with E-state index in [0.29, 0.717) is 37.3 Å². The van der Waals surface area contributed by atoms with Gasteiger partial charge in [0.2, 0.25) is 0 Å². The van der Waals surface area contributed by atoms with Crippen molar-refractivity contribution < 1.29 is 14.6 Å². The lowest BCUT2D eigenvalue weighted by molar-refractivity contribution is 0.0942. The average molecular weight is 320 g/mol. The number of aliphatic hydroxyl groups is 1. The molecule has 1 aromatic heterocycles. The van der Waals surface area contributed by atoms with Gasteiger partial charge in [0.1, 0.15) is 12.4 Å².